The van der Waals surface area contributed by atoms with Crippen molar-refractivity contribution < 1.29 is 14.3 Å². The molecule has 0 radical (unpaired) electrons. The maximum absolute atomic E-state index is 12.5. The van der Waals surface area contributed by atoms with Gasteiger partial charge >= 0.3 is 0 Å². The summed E-state index contributed by atoms with van der Waals surface area (Å²) in [5.74, 6) is 1.15. The Morgan fingerprint density at radius 2 is 1.81 bits per heavy atom. The van der Waals surface area contributed by atoms with Gasteiger partial charge in [-0.05, 0) is 17.7 Å². The van der Waals surface area contributed by atoms with E-state index in [0.717, 1.165) is 17.7 Å². The molecule has 1 aromatic heterocycles. The summed E-state index contributed by atoms with van der Waals surface area (Å²) in [4.78, 5) is 35.0. The van der Waals surface area contributed by atoms with Crippen LogP contribution in [0.25, 0.3) is 0 Å². The topological polar surface area (TPSA) is 87.7 Å². The second kappa shape index (κ2) is 8.28. The molecule has 2 amide bonds. The van der Waals surface area contributed by atoms with E-state index in [4.69, 9.17) is 4.74 Å². The number of benzene rings is 1. The summed E-state index contributed by atoms with van der Waals surface area (Å²) in [6.07, 6.45) is 3.86. The van der Waals surface area contributed by atoms with Crippen molar-refractivity contribution in [1.82, 2.24) is 19.8 Å². The Morgan fingerprint density at radius 3 is 2.38 bits per heavy atom. The van der Waals surface area contributed by atoms with Crippen LogP contribution in [0.3, 0.4) is 0 Å². The molecule has 0 saturated carbocycles. The largest absolute Gasteiger partial charge is 0.497 e. The number of hydrogen-bond acceptors (Lipinski definition) is 6. The van der Waals surface area contributed by atoms with Gasteiger partial charge in [-0.3, -0.25) is 9.59 Å². The number of nitrogens with one attached hydrogen (secondary N) is 1. The number of piperazine rings is 1. The van der Waals surface area contributed by atoms with Crippen LogP contribution in [0.5, 0.6) is 5.75 Å². The van der Waals surface area contributed by atoms with Crippen molar-refractivity contribution in [1.29, 1.82) is 0 Å². The maximum Gasteiger partial charge on any atom is 0.257 e. The van der Waals surface area contributed by atoms with Crippen molar-refractivity contribution >= 4 is 18.3 Å². The Balaban J connectivity index is 1.54. The van der Waals surface area contributed by atoms with Gasteiger partial charge in [0.15, 0.2) is 0 Å². The average Bonchev–Trinajstić information content (AvgIpc) is 2.72. The van der Waals surface area contributed by atoms with E-state index in [0.29, 0.717) is 44.2 Å². The molecular weight excluding hydrogens is 334 g/mol. The van der Waals surface area contributed by atoms with E-state index in [2.05, 4.69) is 15.3 Å². The van der Waals surface area contributed by atoms with E-state index in [-0.39, 0.29) is 5.91 Å². The second-order valence-corrected chi connectivity index (χ2v) is 5.93. The minimum Gasteiger partial charge on any atom is -0.497 e. The molecule has 0 aliphatic carbocycles. The van der Waals surface area contributed by atoms with Crippen LogP contribution >= 0.6 is 0 Å². The first-order chi connectivity index (χ1) is 12.7. The third-order valence-electron chi connectivity index (χ3n) is 4.26. The molecule has 2 aromatic rings. The van der Waals surface area contributed by atoms with Crippen molar-refractivity contribution in [2.24, 2.45) is 0 Å². The standard InChI is InChI=1S/C18H21N5O3/c1-26-16-4-2-14(3-5-16)10-19-18-20-11-15(12-21-18)17(25)23-8-6-22(13-24)7-9-23/h2-5,11-13H,6-10H2,1H3,(H,19,20,21). The van der Waals surface area contributed by atoms with E-state index < -0.39 is 0 Å². The Kier molecular flexibility index (Phi) is 5.62. The molecule has 0 bridgehead atoms. The number of aromatic nitrogens is 2. The zero-order valence-electron chi connectivity index (χ0n) is 14.6. The third kappa shape index (κ3) is 4.27. The summed E-state index contributed by atoms with van der Waals surface area (Å²) in [5, 5.41) is 3.12. The van der Waals surface area contributed by atoms with Crippen molar-refractivity contribution in [3.63, 3.8) is 0 Å². The lowest BCUT2D eigenvalue weighted by molar-refractivity contribution is -0.119. The molecule has 0 atom stereocenters. The molecule has 1 aromatic carbocycles. The van der Waals surface area contributed by atoms with Crippen LogP contribution in [-0.4, -0.2) is 65.4 Å². The quantitative estimate of drug-likeness (QED) is 0.778. The molecule has 0 unspecified atom stereocenters. The van der Waals surface area contributed by atoms with E-state index in [9.17, 15) is 9.59 Å². The molecule has 8 nitrogen and oxygen atoms in total. The van der Waals surface area contributed by atoms with Gasteiger partial charge in [0, 0.05) is 45.1 Å². The van der Waals surface area contributed by atoms with Gasteiger partial charge in [0.25, 0.3) is 5.91 Å². The summed E-state index contributed by atoms with van der Waals surface area (Å²) >= 11 is 0. The van der Waals surface area contributed by atoms with Crippen LogP contribution in [0.4, 0.5) is 5.95 Å². The molecule has 1 aliphatic rings. The van der Waals surface area contributed by atoms with Gasteiger partial charge in [-0.15, -0.1) is 0 Å². The molecule has 1 aliphatic heterocycles. The number of rotatable bonds is 6. The highest BCUT2D eigenvalue weighted by Crippen LogP contribution is 2.13. The predicted octanol–water partition coefficient (Wildman–Crippen LogP) is 1.01. The molecule has 136 valence electrons. The van der Waals surface area contributed by atoms with E-state index in [1.807, 2.05) is 24.3 Å². The zero-order valence-corrected chi connectivity index (χ0v) is 14.6. The van der Waals surface area contributed by atoms with Crippen molar-refractivity contribution in [3.8, 4) is 5.75 Å². The van der Waals surface area contributed by atoms with Crippen molar-refractivity contribution in [3.05, 3.63) is 47.8 Å². The summed E-state index contributed by atoms with van der Waals surface area (Å²) in [5.41, 5.74) is 1.52. The molecule has 0 spiro atoms. The highest BCUT2D eigenvalue weighted by atomic mass is 16.5. The number of anilines is 1. The first kappa shape index (κ1) is 17.7. The third-order valence-corrected chi connectivity index (χ3v) is 4.26. The number of carbonyl (C=O) groups is 2. The van der Waals surface area contributed by atoms with Crippen LogP contribution in [0, 0.1) is 0 Å². The Bertz CT molecular complexity index is 740. The van der Waals surface area contributed by atoms with Gasteiger partial charge in [-0.2, -0.15) is 0 Å². The molecule has 3 rings (SSSR count). The predicted molar refractivity (Wildman–Crippen MR) is 95.9 cm³/mol. The summed E-state index contributed by atoms with van der Waals surface area (Å²) in [6, 6.07) is 7.71. The van der Waals surface area contributed by atoms with Gasteiger partial charge in [-0.25, -0.2) is 9.97 Å². The highest BCUT2D eigenvalue weighted by Gasteiger charge is 2.21. The first-order valence-electron chi connectivity index (χ1n) is 8.37. The van der Waals surface area contributed by atoms with Gasteiger partial charge in [0.2, 0.25) is 12.4 Å². The lowest BCUT2D eigenvalue weighted by atomic mass is 10.2. The second-order valence-electron chi connectivity index (χ2n) is 5.93. The summed E-state index contributed by atoms with van der Waals surface area (Å²) < 4.78 is 5.13. The number of methoxy groups -OCH3 is 1. The lowest BCUT2D eigenvalue weighted by Gasteiger charge is -2.32. The Hall–Kier alpha value is -3.16. The highest BCUT2D eigenvalue weighted by molar-refractivity contribution is 5.93. The van der Waals surface area contributed by atoms with Crippen LogP contribution < -0.4 is 10.1 Å². The van der Waals surface area contributed by atoms with E-state index >= 15 is 0 Å². The number of carbonyl (C=O) groups excluding carboxylic acids is 2. The Morgan fingerprint density at radius 1 is 1.15 bits per heavy atom. The molecule has 2 heterocycles. The summed E-state index contributed by atoms with van der Waals surface area (Å²) in [7, 11) is 1.63. The average molecular weight is 355 g/mol. The monoisotopic (exact) mass is 355 g/mol. The molecule has 26 heavy (non-hydrogen) atoms. The SMILES string of the molecule is COc1ccc(CNc2ncc(C(=O)N3CCN(C=O)CC3)cn2)cc1. The van der Waals surface area contributed by atoms with Crippen LogP contribution in [0.15, 0.2) is 36.7 Å². The van der Waals surface area contributed by atoms with Gasteiger partial charge in [0.05, 0.1) is 12.7 Å². The smallest absolute Gasteiger partial charge is 0.257 e. The molecular formula is C18H21N5O3. The molecule has 1 N–H and O–H groups in total. The fourth-order valence-corrected chi connectivity index (χ4v) is 2.67. The number of ether oxygens (including phenoxy) is 1. The van der Waals surface area contributed by atoms with Gasteiger partial charge in [-0.1, -0.05) is 12.1 Å². The van der Waals surface area contributed by atoms with Crippen molar-refractivity contribution in [2.45, 2.75) is 6.54 Å². The Labute approximate surface area is 151 Å². The molecule has 1 saturated heterocycles. The minimum absolute atomic E-state index is 0.114. The zero-order chi connectivity index (χ0) is 18.4. The fraction of sp³-hybridized carbons (Fsp3) is 0.333. The van der Waals surface area contributed by atoms with Crippen molar-refractivity contribution in [2.75, 3.05) is 38.6 Å². The van der Waals surface area contributed by atoms with E-state index in [1.165, 1.54) is 12.4 Å². The molecule has 1 fully saturated rings. The lowest BCUT2D eigenvalue weighted by Crippen LogP contribution is -2.48. The molecule has 8 heteroatoms. The maximum atomic E-state index is 12.5. The summed E-state index contributed by atoms with van der Waals surface area (Å²) in [6.45, 7) is 2.73. The fourth-order valence-electron chi connectivity index (χ4n) is 2.67. The van der Waals surface area contributed by atoms with Crippen LogP contribution in [0.2, 0.25) is 0 Å². The number of amides is 2. The van der Waals surface area contributed by atoms with Gasteiger partial charge < -0.3 is 19.9 Å². The van der Waals surface area contributed by atoms with Gasteiger partial charge in [0.1, 0.15) is 5.75 Å². The van der Waals surface area contributed by atoms with E-state index in [1.54, 1.807) is 16.9 Å². The number of hydrogen-bond donors (Lipinski definition) is 1. The first-order valence-corrected chi connectivity index (χ1v) is 8.37. The number of nitrogens with zero attached hydrogens (tertiary/aromatic N) is 4. The minimum atomic E-state index is -0.114. The normalized spacial score (nSPS) is 14.0. The van der Waals surface area contributed by atoms with Crippen LogP contribution in [-0.2, 0) is 11.3 Å². The van der Waals surface area contributed by atoms with Crippen LogP contribution in [0.1, 0.15) is 15.9 Å².